The van der Waals surface area contributed by atoms with Gasteiger partial charge in [0.15, 0.2) is 5.82 Å². The predicted octanol–water partition coefficient (Wildman–Crippen LogP) is 2.29. The van der Waals surface area contributed by atoms with E-state index in [1.165, 1.54) is 0 Å². The summed E-state index contributed by atoms with van der Waals surface area (Å²) in [5, 5.41) is 5.54. The number of pyridine rings is 1. The molecular formula is C7H5BrN4S. The normalized spacial score (nSPS) is 10.2. The molecule has 0 aliphatic rings. The van der Waals surface area contributed by atoms with E-state index >= 15 is 0 Å². The number of halogens is 1. The SMILES string of the molecule is S=c1nc(-c2ncccc2Br)[nH][nH]1. The summed E-state index contributed by atoms with van der Waals surface area (Å²) < 4.78 is 1.31. The van der Waals surface area contributed by atoms with Crippen molar-refractivity contribution in [2.45, 2.75) is 0 Å². The largest absolute Gasteiger partial charge is 0.280 e. The Kier molecular flexibility index (Phi) is 2.24. The maximum absolute atomic E-state index is 4.84. The van der Waals surface area contributed by atoms with Crippen LogP contribution in [0.3, 0.4) is 0 Å². The lowest BCUT2D eigenvalue weighted by atomic mass is 10.3. The van der Waals surface area contributed by atoms with Crippen LogP contribution in [-0.4, -0.2) is 20.2 Å². The van der Waals surface area contributed by atoms with Gasteiger partial charge in [-0.25, -0.2) is 0 Å². The van der Waals surface area contributed by atoms with E-state index in [-0.39, 0.29) is 0 Å². The molecule has 0 aliphatic heterocycles. The van der Waals surface area contributed by atoms with Crippen LogP contribution in [0.15, 0.2) is 22.8 Å². The summed E-state index contributed by atoms with van der Waals surface area (Å²) >= 11 is 8.21. The van der Waals surface area contributed by atoms with Crippen LogP contribution in [0.2, 0.25) is 0 Å². The van der Waals surface area contributed by atoms with Crippen LogP contribution >= 0.6 is 28.1 Å². The molecule has 66 valence electrons. The quantitative estimate of drug-likeness (QED) is 0.770. The lowest BCUT2D eigenvalue weighted by molar-refractivity contribution is 1.07. The molecule has 2 N–H and O–H groups in total. The fourth-order valence-corrected chi connectivity index (χ4v) is 1.53. The van der Waals surface area contributed by atoms with Crippen molar-refractivity contribution in [2.24, 2.45) is 0 Å². The molecule has 6 heteroatoms. The Hall–Kier alpha value is -1.01. The Balaban J connectivity index is 2.58. The van der Waals surface area contributed by atoms with Crippen LogP contribution in [0, 0.1) is 4.77 Å². The summed E-state index contributed by atoms with van der Waals surface area (Å²) in [5.41, 5.74) is 0.745. The van der Waals surface area contributed by atoms with Gasteiger partial charge in [0.25, 0.3) is 0 Å². The molecule has 0 amide bonds. The summed E-state index contributed by atoms with van der Waals surface area (Å²) in [4.78, 5) is 8.21. The van der Waals surface area contributed by atoms with E-state index in [4.69, 9.17) is 12.2 Å². The van der Waals surface area contributed by atoms with E-state index in [9.17, 15) is 0 Å². The molecule has 0 saturated heterocycles. The van der Waals surface area contributed by atoms with Crippen molar-refractivity contribution >= 4 is 28.1 Å². The van der Waals surface area contributed by atoms with E-state index < -0.39 is 0 Å². The molecule has 2 aromatic heterocycles. The lowest BCUT2D eigenvalue weighted by Gasteiger charge is -1.96. The van der Waals surface area contributed by atoms with Gasteiger partial charge in [0.1, 0.15) is 5.69 Å². The summed E-state index contributed by atoms with van der Waals surface area (Å²) in [5.74, 6) is 0.637. The number of hydrogen-bond donors (Lipinski definition) is 2. The second kappa shape index (κ2) is 3.39. The van der Waals surface area contributed by atoms with Crippen molar-refractivity contribution in [3.05, 3.63) is 27.6 Å². The second-order valence-electron chi connectivity index (χ2n) is 2.35. The second-order valence-corrected chi connectivity index (χ2v) is 3.59. The van der Waals surface area contributed by atoms with E-state index in [0.717, 1.165) is 10.2 Å². The predicted molar refractivity (Wildman–Crippen MR) is 54.7 cm³/mol. The minimum absolute atomic E-state index is 0.424. The van der Waals surface area contributed by atoms with Crippen molar-refractivity contribution in [2.75, 3.05) is 0 Å². The highest BCUT2D eigenvalue weighted by Crippen LogP contribution is 2.21. The molecule has 2 heterocycles. The van der Waals surface area contributed by atoms with Gasteiger partial charge in [-0.05, 0) is 40.3 Å². The smallest absolute Gasteiger partial charge is 0.213 e. The molecule has 0 fully saturated rings. The van der Waals surface area contributed by atoms with Gasteiger partial charge < -0.3 is 0 Å². The molecule has 2 aromatic rings. The number of aromatic amines is 2. The Labute approximate surface area is 87.6 Å². The van der Waals surface area contributed by atoms with E-state index in [2.05, 4.69) is 36.1 Å². The first kappa shape index (κ1) is 8.58. The Morgan fingerprint density at radius 2 is 2.23 bits per heavy atom. The lowest BCUT2D eigenvalue weighted by Crippen LogP contribution is -1.86. The van der Waals surface area contributed by atoms with Crippen LogP contribution in [0.25, 0.3) is 11.5 Å². The molecule has 0 unspecified atom stereocenters. The average molecular weight is 257 g/mol. The fourth-order valence-electron chi connectivity index (χ4n) is 0.942. The summed E-state index contributed by atoms with van der Waals surface area (Å²) in [6.07, 6.45) is 1.70. The fraction of sp³-hybridized carbons (Fsp3) is 0. The van der Waals surface area contributed by atoms with Crippen molar-refractivity contribution < 1.29 is 0 Å². The molecule has 0 aliphatic carbocycles. The van der Waals surface area contributed by atoms with Crippen molar-refractivity contribution in [1.82, 2.24) is 20.2 Å². The van der Waals surface area contributed by atoms with Crippen LogP contribution in [0.1, 0.15) is 0 Å². The van der Waals surface area contributed by atoms with Crippen molar-refractivity contribution in [1.29, 1.82) is 0 Å². The van der Waals surface area contributed by atoms with Crippen LogP contribution in [0.5, 0.6) is 0 Å². The highest BCUT2D eigenvalue weighted by atomic mass is 79.9. The van der Waals surface area contributed by atoms with Crippen LogP contribution in [0.4, 0.5) is 0 Å². The number of aromatic nitrogens is 4. The molecule has 2 rings (SSSR count). The van der Waals surface area contributed by atoms with E-state index in [1.807, 2.05) is 12.1 Å². The molecule has 0 aromatic carbocycles. The monoisotopic (exact) mass is 256 g/mol. The van der Waals surface area contributed by atoms with Crippen LogP contribution < -0.4 is 0 Å². The van der Waals surface area contributed by atoms with E-state index in [1.54, 1.807) is 6.20 Å². The average Bonchev–Trinajstić information content (AvgIpc) is 2.53. The Bertz CT molecular complexity index is 475. The highest BCUT2D eigenvalue weighted by Gasteiger charge is 2.05. The van der Waals surface area contributed by atoms with Crippen LogP contribution in [-0.2, 0) is 0 Å². The molecule has 0 atom stereocenters. The van der Waals surface area contributed by atoms with E-state index in [0.29, 0.717) is 10.6 Å². The zero-order valence-electron chi connectivity index (χ0n) is 6.41. The van der Waals surface area contributed by atoms with Gasteiger partial charge in [0, 0.05) is 10.7 Å². The first-order valence-electron chi connectivity index (χ1n) is 3.53. The summed E-state index contributed by atoms with van der Waals surface area (Å²) in [6, 6.07) is 3.74. The Morgan fingerprint density at radius 1 is 1.38 bits per heavy atom. The minimum atomic E-state index is 0.424. The zero-order chi connectivity index (χ0) is 9.26. The standard InChI is InChI=1S/C7H5BrN4S/c8-4-2-1-3-9-5(4)6-10-7(13)12-11-6/h1-3H,(H2,10,11,12,13). The molecule has 0 radical (unpaired) electrons. The zero-order valence-corrected chi connectivity index (χ0v) is 8.82. The first-order chi connectivity index (χ1) is 6.27. The van der Waals surface area contributed by atoms with Gasteiger partial charge in [-0.15, -0.1) is 0 Å². The number of nitrogens with one attached hydrogen (secondary N) is 2. The number of nitrogens with zero attached hydrogens (tertiary/aromatic N) is 2. The van der Waals surface area contributed by atoms with Gasteiger partial charge in [-0.1, -0.05) is 0 Å². The molecule has 0 saturated carbocycles. The summed E-state index contributed by atoms with van der Waals surface area (Å²) in [7, 11) is 0. The van der Waals surface area contributed by atoms with Crippen molar-refractivity contribution in [3.8, 4) is 11.5 Å². The van der Waals surface area contributed by atoms with Gasteiger partial charge in [0.05, 0.1) is 0 Å². The maximum atomic E-state index is 4.84. The first-order valence-corrected chi connectivity index (χ1v) is 4.73. The molecule has 0 spiro atoms. The van der Waals surface area contributed by atoms with Gasteiger partial charge in [-0.3, -0.25) is 15.2 Å². The molecule has 4 nitrogen and oxygen atoms in total. The topological polar surface area (TPSA) is 57.4 Å². The molecule has 0 bridgehead atoms. The molecule has 13 heavy (non-hydrogen) atoms. The third-order valence-electron chi connectivity index (χ3n) is 1.48. The Morgan fingerprint density at radius 3 is 2.85 bits per heavy atom. The third-order valence-corrected chi connectivity index (χ3v) is 2.32. The maximum Gasteiger partial charge on any atom is 0.213 e. The third kappa shape index (κ3) is 1.68. The van der Waals surface area contributed by atoms with Gasteiger partial charge in [0.2, 0.25) is 4.77 Å². The highest BCUT2D eigenvalue weighted by molar-refractivity contribution is 9.10. The summed E-state index contributed by atoms with van der Waals surface area (Å²) in [6.45, 7) is 0. The van der Waals surface area contributed by atoms with Crippen molar-refractivity contribution in [3.63, 3.8) is 0 Å². The minimum Gasteiger partial charge on any atom is -0.280 e. The number of rotatable bonds is 1. The number of hydrogen-bond acceptors (Lipinski definition) is 3. The van der Waals surface area contributed by atoms with Gasteiger partial charge in [-0.2, -0.15) is 4.98 Å². The number of H-pyrrole nitrogens is 2. The van der Waals surface area contributed by atoms with Gasteiger partial charge >= 0.3 is 0 Å². The molecular weight excluding hydrogens is 252 g/mol.